The zero-order valence-corrected chi connectivity index (χ0v) is 11.9. The smallest absolute Gasteiger partial charge is 0.208 e. The molecule has 0 aliphatic rings. The third-order valence-corrected chi connectivity index (χ3v) is 2.25. The molecule has 0 saturated heterocycles. The Bertz CT molecular complexity index is 419. The van der Waals surface area contributed by atoms with Crippen molar-refractivity contribution < 1.29 is 4.79 Å². The highest BCUT2D eigenvalue weighted by atomic mass is 16.1. The fourth-order valence-electron chi connectivity index (χ4n) is 1.07. The molecule has 0 fully saturated rings. The van der Waals surface area contributed by atoms with Crippen molar-refractivity contribution in [2.45, 2.75) is 41.0 Å². The van der Waals surface area contributed by atoms with Crippen LogP contribution in [0, 0.1) is 0 Å². The number of Topliss-reactive ketones (excluding diaryl/α,β-unsaturated/α-hetero) is 1. The third-order valence-electron chi connectivity index (χ3n) is 2.25. The van der Waals surface area contributed by atoms with Gasteiger partial charge >= 0.3 is 0 Å². The lowest BCUT2D eigenvalue weighted by Crippen LogP contribution is -2.10. The van der Waals surface area contributed by atoms with Gasteiger partial charge in [-0.3, -0.25) is 4.79 Å². The number of benzene rings is 1. The third kappa shape index (κ3) is 5.53. The lowest BCUT2D eigenvalue weighted by Gasteiger charge is -1.98. The van der Waals surface area contributed by atoms with Gasteiger partial charge in [0.2, 0.25) is 5.78 Å². The molecule has 0 aliphatic carbocycles. The molecule has 0 N–H and O–H groups in total. The Balaban J connectivity index is 0.00000137. The zero-order valence-electron chi connectivity index (χ0n) is 11.9. The monoisotopic (exact) mass is 246 g/mol. The molecule has 0 heterocycles. The fraction of sp³-hybridized carbons (Fsp3) is 0.400. The minimum atomic E-state index is -0.0757. The molecule has 3 heteroatoms. The van der Waals surface area contributed by atoms with Gasteiger partial charge in [-0.1, -0.05) is 51.1 Å². The second-order valence-electron chi connectivity index (χ2n) is 3.57. The van der Waals surface area contributed by atoms with Gasteiger partial charge in [0, 0.05) is 11.3 Å². The predicted molar refractivity (Wildman–Crippen MR) is 78.6 cm³/mol. The summed E-state index contributed by atoms with van der Waals surface area (Å²) in [4.78, 5) is 11.8. The van der Waals surface area contributed by atoms with Gasteiger partial charge in [0.15, 0.2) is 0 Å². The van der Waals surface area contributed by atoms with Crippen LogP contribution in [0.25, 0.3) is 0 Å². The Morgan fingerprint density at radius 2 is 1.61 bits per heavy atom. The summed E-state index contributed by atoms with van der Waals surface area (Å²) in [5.74, 6) is -0.0757. The summed E-state index contributed by atoms with van der Waals surface area (Å²) in [6.07, 6.45) is 0.844. The SMILES string of the molecule is CC.CCC(C)=NN=C(C)C(=O)c1ccccc1. The van der Waals surface area contributed by atoms with Crippen molar-refractivity contribution in [1.29, 1.82) is 0 Å². The van der Waals surface area contributed by atoms with Gasteiger partial charge in [-0.2, -0.15) is 10.2 Å². The van der Waals surface area contributed by atoms with Crippen LogP contribution in [0.2, 0.25) is 0 Å². The quantitative estimate of drug-likeness (QED) is 0.447. The molecule has 18 heavy (non-hydrogen) atoms. The Kier molecular flexibility index (Phi) is 8.37. The molecule has 98 valence electrons. The molecule has 1 rings (SSSR count). The second kappa shape index (κ2) is 9.28. The van der Waals surface area contributed by atoms with E-state index in [4.69, 9.17) is 0 Å². The van der Waals surface area contributed by atoms with E-state index in [2.05, 4.69) is 10.2 Å². The Labute approximate surface area is 110 Å². The molecular weight excluding hydrogens is 224 g/mol. The summed E-state index contributed by atoms with van der Waals surface area (Å²) in [5, 5.41) is 7.90. The Hall–Kier alpha value is -1.77. The summed E-state index contributed by atoms with van der Waals surface area (Å²) in [7, 11) is 0. The molecule has 0 bridgehead atoms. The van der Waals surface area contributed by atoms with Crippen LogP contribution in [0.5, 0.6) is 0 Å². The summed E-state index contributed by atoms with van der Waals surface area (Å²) < 4.78 is 0. The van der Waals surface area contributed by atoms with Crippen molar-refractivity contribution in [3.8, 4) is 0 Å². The molecule has 0 saturated carbocycles. The predicted octanol–water partition coefficient (Wildman–Crippen LogP) is 4.14. The van der Waals surface area contributed by atoms with E-state index in [1.54, 1.807) is 19.1 Å². The van der Waals surface area contributed by atoms with E-state index in [-0.39, 0.29) is 5.78 Å². The number of carbonyl (C=O) groups excluding carboxylic acids is 1. The molecule has 0 spiro atoms. The number of hydrogen-bond acceptors (Lipinski definition) is 3. The molecule has 0 unspecified atom stereocenters. The minimum absolute atomic E-state index is 0.0757. The topological polar surface area (TPSA) is 41.8 Å². The van der Waals surface area contributed by atoms with E-state index in [1.165, 1.54) is 0 Å². The largest absolute Gasteiger partial charge is 0.287 e. The maximum absolute atomic E-state index is 11.8. The van der Waals surface area contributed by atoms with Gasteiger partial charge in [0.1, 0.15) is 5.71 Å². The van der Waals surface area contributed by atoms with E-state index >= 15 is 0 Å². The van der Waals surface area contributed by atoms with Crippen LogP contribution in [0.15, 0.2) is 40.5 Å². The second-order valence-corrected chi connectivity index (χ2v) is 3.57. The Morgan fingerprint density at radius 1 is 1.06 bits per heavy atom. The van der Waals surface area contributed by atoms with Crippen LogP contribution in [0.3, 0.4) is 0 Å². The van der Waals surface area contributed by atoms with Gasteiger partial charge < -0.3 is 0 Å². The van der Waals surface area contributed by atoms with Crippen LogP contribution in [0.4, 0.5) is 0 Å². The Morgan fingerprint density at radius 3 is 2.11 bits per heavy atom. The van der Waals surface area contributed by atoms with Crippen molar-refractivity contribution in [2.75, 3.05) is 0 Å². The average molecular weight is 246 g/mol. The maximum atomic E-state index is 11.8. The first kappa shape index (κ1) is 16.2. The highest BCUT2D eigenvalue weighted by molar-refractivity contribution is 6.45. The first-order valence-electron chi connectivity index (χ1n) is 6.32. The summed E-state index contributed by atoms with van der Waals surface area (Å²) >= 11 is 0. The molecular formula is C15H22N2O. The molecule has 0 radical (unpaired) electrons. The van der Waals surface area contributed by atoms with Crippen LogP contribution in [0.1, 0.15) is 51.4 Å². The fourth-order valence-corrected chi connectivity index (χ4v) is 1.07. The van der Waals surface area contributed by atoms with Crippen molar-refractivity contribution in [3.63, 3.8) is 0 Å². The minimum Gasteiger partial charge on any atom is -0.287 e. The molecule has 0 amide bonds. The van der Waals surface area contributed by atoms with Crippen LogP contribution >= 0.6 is 0 Å². The zero-order chi connectivity index (χ0) is 14.0. The number of hydrogen-bond donors (Lipinski definition) is 0. The number of nitrogens with zero attached hydrogens (tertiary/aromatic N) is 2. The van der Waals surface area contributed by atoms with Crippen molar-refractivity contribution in [3.05, 3.63) is 35.9 Å². The first-order chi connectivity index (χ1) is 8.65. The van der Waals surface area contributed by atoms with E-state index < -0.39 is 0 Å². The lowest BCUT2D eigenvalue weighted by atomic mass is 10.1. The molecule has 0 aromatic heterocycles. The van der Waals surface area contributed by atoms with Crippen LogP contribution in [-0.2, 0) is 0 Å². The average Bonchev–Trinajstić information content (AvgIpc) is 2.46. The van der Waals surface area contributed by atoms with E-state index in [1.807, 2.05) is 45.9 Å². The van der Waals surface area contributed by atoms with Crippen molar-refractivity contribution >= 4 is 17.2 Å². The van der Waals surface area contributed by atoms with E-state index in [0.29, 0.717) is 11.3 Å². The molecule has 1 aromatic carbocycles. The number of carbonyl (C=O) groups is 1. The van der Waals surface area contributed by atoms with E-state index in [9.17, 15) is 4.79 Å². The van der Waals surface area contributed by atoms with Crippen LogP contribution < -0.4 is 0 Å². The molecule has 3 nitrogen and oxygen atoms in total. The first-order valence-corrected chi connectivity index (χ1v) is 6.32. The highest BCUT2D eigenvalue weighted by Gasteiger charge is 2.08. The lowest BCUT2D eigenvalue weighted by molar-refractivity contribution is 0.106. The summed E-state index contributed by atoms with van der Waals surface area (Å²) in [5.41, 5.74) is 1.98. The van der Waals surface area contributed by atoms with Crippen molar-refractivity contribution in [1.82, 2.24) is 0 Å². The van der Waals surface area contributed by atoms with Gasteiger partial charge in [0.25, 0.3) is 0 Å². The van der Waals surface area contributed by atoms with Gasteiger partial charge in [0.05, 0.1) is 0 Å². The normalized spacial score (nSPS) is 11.6. The standard InChI is InChI=1S/C13H16N2O.C2H6/c1-4-10(2)14-15-11(3)13(16)12-8-6-5-7-9-12;1-2/h5-9H,4H2,1-3H3;1-2H3. The van der Waals surface area contributed by atoms with Gasteiger partial charge in [-0.25, -0.2) is 0 Å². The van der Waals surface area contributed by atoms with Crippen molar-refractivity contribution in [2.24, 2.45) is 10.2 Å². The van der Waals surface area contributed by atoms with Gasteiger partial charge in [-0.05, 0) is 20.3 Å². The van der Waals surface area contributed by atoms with Gasteiger partial charge in [-0.15, -0.1) is 0 Å². The summed E-state index contributed by atoms with van der Waals surface area (Å²) in [6.45, 7) is 9.58. The maximum Gasteiger partial charge on any atom is 0.208 e. The number of ketones is 1. The van der Waals surface area contributed by atoms with Crippen LogP contribution in [-0.4, -0.2) is 17.2 Å². The molecule has 1 aromatic rings. The molecule has 0 aliphatic heterocycles. The molecule has 0 atom stereocenters. The number of rotatable bonds is 4. The van der Waals surface area contributed by atoms with E-state index in [0.717, 1.165) is 12.1 Å². The summed E-state index contributed by atoms with van der Waals surface area (Å²) in [6, 6.07) is 9.10. The highest BCUT2D eigenvalue weighted by Crippen LogP contribution is 2.02.